The fourth-order valence-corrected chi connectivity index (χ4v) is 10.5. The van der Waals surface area contributed by atoms with Crippen molar-refractivity contribution in [3.8, 4) is 55.9 Å². The molecule has 0 aliphatic heterocycles. The van der Waals surface area contributed by atoms with E-state index in [1.54, 1.807) is 0 Å². The van der Waals surface area contributed by atoms with E-state index in [2.05, 4.69) is 252 Å². The standard InChI is InChI=1S/C62H40N2/c1-4-17-41(18-5-1)42-19-14-20-45(37-42)62-54-29-15-27-48(43-33-35-52-50-25-10-12-31-58(50)63(60(52)38-43)46-21-6-2-7-22-46)56(54)40-57-49(28-16-30-55(57)62)44-34-36-53-51-26-11-13-32-59(51)64(61(53)39-44)47-23-8-3-9-24-47/h1-40H. The molecule has 0 fully saturated rings. The average Bonchev–Trinajstić information content (AvgIpc) is 3.88. The molecular formula is C62H40N2. The second-order valence-corrected chi connectivity index (χ2v) is 16.8. The quantitative estimate of drug-likeness (QED) is 0.148. The third-order valence-electron chi connectivity index (χ3n) is 13.3. The maximum Gasteiger partial charge on any atom is 0.0547 e. The van der Waals surface area contributed by atoms with Crippen molar-refractivity contribution >= 4 is 65.2 Å². The molecule has 0 unspecified atom stereocenters. The fraction of sp³-hybridized carbons (Fsp3) is 0. The van der Waals surface area contributed by atoms with Crippen LogP contribution in [0.2, 0.25) is 0 Å². The van der Waals surface area contributed by atoms with Crippen molar-refractivity contribution in [3.63, 3.8) is 0 Å². The first-order valence-corrected chi connectivity index (χ1v) is 22.1. The van der Waals surface area contributed by atoms with Gasteiger partial charge in [0.05, 0.1) is 22.1 Å². The summed E-state index contributed by atoms with van der Waals surface area (Å²) in [6.45, 7) is 0. The molecule has 11 aromatic carbocycles. The van der Waals surface area contributed by atoms with Crippen molar-refractivity contribution < 1.29 is 0 Å². The van der Waals surface area contributed by atoms with Gasteiger partial charge in [-0.05, 0) is 127 Å². The monoisotopic (exact) mass is 812 g/mol. The van der Waals surface area contributed by atoms with E-state index in [1.165, 1.54) is 110 Å². The van der Waals surface area contributed by atoms with E-state index in [-0.39, 0.29) is 0 Å². The molecule has 0 radical (unpaired) electrons. The van der Waals surface area contributed by atoms with Crippen LogP contribution in [0.4, 0.5) is 0 Å². The first kappa shape index (κ1) is 36.2. The van der Waals surface area contributed by atoms with Gasteiger partial charge in [0.25, 0.3) is 0 Å². The largest absolute Gasteiger partial charge is 0.309 e. The first-order chi connectivity index (χ1) is 31.8. The predicted molar refractivity (Wildman–Crippen MR) is 272 cm³/mol. The molecule has 0 amide bonds. The number of nitrogens with zero attached hydrogens (tertiary/aromatic N) is 2. The number of fused-ring (bicyclic) bond motifs is 8. The summed E-state index contributed by atoms with van der Waals surface area (Å²) in [5, 5.41) is 9.92. The number of rotatable bonds is 6. The Labute approximate surface area is 371 Å². The van der Waals surface area contributed by atoms with Crippen molar-refractivity contribution in [1.82, 2.24) is 9.13 Å². The van der Waals surface area contributed by atoms with Gasteiger partial charge >= 0.3 is 0 Å². The Hall–Kier alpha value is -8.46. The maximum absolute atomic E-state index is 2.47. The summed E-state index contributed by atoms with van der Waals surface area (Å²) in [5.74, 6) is 0. The van der Waals surface area contributed by atoms with Crippen LogP contribution in [-0.2, 0) is 0 Å². The Morgan fingerprint density at radius 3 is 1.14 bits per heavy atom. The van der Waals surface area contributed by atoms with Crippen LogP contribution < -0.4 is 0 Å². The molecule has 2 nitrogen and oxygen atoms in total. The molecule has 0 atom stereocenters. The molecule has 0 N–H and O–H groups in total. The third-order valence-corrected chi connectivity index (χ3v) is 13.3. The summed E-state index contributed by atoms with van der Waals surface area (Å²) in [7, 11) is 0. The van der Waals surface area contributed by atoms with Gasteiger partial charge in [-0.2, -0.15) is 0 Å². The second kappa shape index (κ2) is 14.6. The summed E-state index contributed by atoms with van der Waals surface area (Å²) in [4.78, 5) is 0. The summed E-state index contributed by atoms with van der Waals surface area (Å²) in [6.07, 6.45) is 0. The molecule has 2 heteroatoms. The van der Waals surface area contributed by atoms with Gasteiger partial charge in [0.15, 0.2) is 0 Å². The van der Waals surface area contributed by atoms with Gasteiger partial charge in [-0.1, -0.05) is 182 Å². The van der Waals surface area contributed by atoms with Crippen LogP contribution in [-0.4, -0.2) is 9.13 Å². The second-order valence-electron chi connectivity index (χ2n) is 16.8. The molecule has 0 bridgehead atoms. The highest BCUT2D eigenvalue weighted by molar-refractivity contribution is 6.20. The third kappa shape index (κ3) is 5.66. The van der Waals surface area contributed by atoms with Gasteiger partial charge in [-0.25, -0.2) is 0 Å². The van der Waals surface area contributed by atoms with Gasteiger partial charge in [-0.15, -0.1) is 0 Å². The molecule has 2 heterocycles. The topological polar surface area (TPSA) is 9.86 Å². The molecule has 0 spiro atoms. The molecular weight excluding hydrogens is 773 g/mol. The number of hydrogen-bond acceptors (Lipinski definition) is 0. The zero-order valence-corrected chi connectivity index (χ0v) is 35.0. The van der Waals surface area contributed by atoms with Gasteiger partial charge < -0.3 is 9.13 Å². The number of aromatic nitrogens is 2. The van der Waals surface area contributed by atoms with Crippen molar-refractivity contribution in [2.75, 3.05) is 0 Å². The molecule has 2 aromatic heterocycles. The predicted octanol–water partition coefficient (Wildman–Crippen LogP) is 16.9. The lowest BCUT2D eigenvalue weighted by molar-refractivity contribution is 1.18. The Morgan fingerprint density at radius 2 is 0.609 bits per heavy atom. The van der Waals surface area contributed by atoms with E-state index in [0.717, 1.165) is 11.4 Å². The Kier molecular flexibility index (Phi) is 8.25. The minimum atomic E-state index is 1.16. The van der Waals surface area contributed by atoms with Crippen LogP contribution in [0.15, 0.2) is 243 Å². The lowest BCUT2D eigenvalue weighted by Crippen LogP contribution is -1.94. The Balaban J connectivity index is 1.10. The molecule has 13 rings (SSSR count). The minimum absolute atomic E-state index is 1.16. The summed E-state index contributed by atoms with van der Waals surface area (Å²) in [6, 6.07) is 89.2. The smallest absolute Gasteiger partial charge is 0.0547 e. The first-order valence-electron chi connectivity index (χ1n) is 22.1. The van der Waals surface area contributed by atoms with Crippen LogP contribution in [0, 0.1) is 0 Å². The fourth-order valence-electron chi connectivity index (χ4n) is 10.5. The van der Waals surface area contributed by atoms with Gasteiger partial charge in [-0.3, -0.25) is 0 Å². The molecule has 64 heavy (non-hydrogen) atoms. The van der Waals surface area contributed by atoms with E-state index < -0.39 is 0 Å². The van der Waals surface area contributed by atoms with E-state index in [1.807, 2.05) is 0 Å². The number of para-hydroxylation sites is 4. The maximum atomic E-state index is 2.47. The Morgan fingerprint density at radius 1 is 0.203 bits per heavy atom. The Bertz CT molecular complexity index is 3720. The van der Waals surface area contributed by atoms with Crippen molar-refractivity contribution in [2.24, 2.45) is 0 Å². The average molecular weight is 813 g/mol. The molecule has 0 saturated heterocycles. The van der Waals surface area contributed by atoms with Crippen molar-refractivity contribution in [1.29, 1.82) is 0 Å². The van der Waals surface area contributed by atoms with Crippen molar-refractivity contribution in [3.05, 3.63) is 243 Å². The lowest BCUT2D eigenvalue weighted by atomic mass is 9.85. The van der Waals surface area contributed by atoms with Crippen molar-refractivity contribution in [2.45, 2.75) is 0 Å². The molecule has 13 aromatic rings. The molecule has 298 valence electrons. The van der Waals surface area contributed by atoms with E-state index in [9.17, 15) is 0 Å². The molecule has 0 saturated carbocycles. The zero-order valence-electron chi connectivity index (χ0n) is 35.0. The lowest BCUT2D eigenvalue weighted by Gasteiger charge is -2.18. The number of benzene rings is 11. The van der Waals surface area contributed by atoms with Crippen LogP contribution in [0.25, 0.3) is 121 Å². The normalized spacial score (nSPS) is 11.8. The van der Waals surface area contributed by atoms with Crippen LogP contribution >= 0.6 is 0 Å². The van der Waals surface area contributed by atoms with Gasteiger partial charge in [0.2, 0.25) is 0 Å². The van der Waals surface area contributed by atoms with Gasteiger partial charge in [0.1, 0.15) is 0 Å². The summed E-state index contributed by atoms with van der Waals surface area (Å²) >= 11 is 0. The minimum Gasteiger partial charge on any atom is -0.309 e. The summed E-state index contributed by atoms with van der Waals surface area (Å²) in [5.41, 5.74) is 16.8. The van der Waals surface area contributed by atoms with Crippen LogP contribution in [0.5, 0.6) is 0 Å². The van der Waals surface area contributed by atoms with E-state index >= 15 is 0 Å². The highest BCUT2D eigenvalue weighted by Gasteiger charge is 2.20. The molecule has 0 aliphatic rings. The highest BCUT2D eigenvalue weighted by atomic mass is 15.0. The zero-order chi connectivity index (χ0) is 42.1. The summed E-state index contributed by atoms with van der Waals surface area (Å²) < 4.78 is 4.83. The van der Waals surface area contributed by atoms with E-state index in [4.69, 9.17) is 0 Å². The van der Waals surface area contributed by atoms with E-state index in [0.29, 0.717) is 0 Å². The van der Waals surface area contributed by atoms with Gasteiger partial charge in [0, 0.05) is 32.9 Å². The SMILES string of the molecule is c1ccc(-c2cccc(-c3c4cccc(-c5ccc6c7ccccc7n(-c7ccccc7)c6c5)c4cc4c(-c5ccc6c7ccccc7n(-c7ccccc7)c6c5)cccc34)c2)cc1. The highest BCUT2D eigenvalue weighted by Crippen LogP contribution is 2.45. The van der Waals surface area contributed by atoms with Crippen LogP contribution in [0.1, 0.15) is 0 Å². The molecule has 0 aliphatic carbocycles. The van der Waals surface area contributed by atoms with Crippen LogP contribution in [0.3, 0.4) is 0 Å². The number of hydrogen-bond donors (Lipinski definition) is 0.